The number of ether oxygens (including phenoxy) is 1. The predicted octanol–water partition coefficient (Wildman–Crippen LogP) is 4.97. The van der Waals surface area contributed by atoms with E-state index >= 15 is 0 Å². The first-order chi connectivity index (χ1) is 10.2. The summed E-state index contributed by atoms with van der Waals surface area (Å²) in [5.74, 6) is 1.36. The molecule has 0 heterocycles. The highest BCUT2D eigenvalue weighted by atomic mass is 79.9. The van der Waals surface area contributed by atoms with Crippen molar-refractivity contribution in [1.82, 2.24) is 0 Å². The van der Waals surface area contributed by atoms with Gasteiger partial charge in [0, 0.05) is 14.9 Å². The summed E-state index contributed by atoms with van der Waals surface area (Å²) in [7, 11) is 0. The van der Waals surface area contributed by atoms with Crippen LogP contribution >= 0.6 is 27.7 Å². The van der Waals surface area contributed by atoms with Crippen LogP contribution in [0.5, 0.6) is 5.75 Å². The molecule has 108 valence electrons. The molecule has 3 rings (SSSR count). The van der Waals surface area contributed by atoms with Crippen molar-refractivity contribution in [1.29, 1.82) is 0 Å². The van der Waals surface area contributed by atoms with Crippen molar-refractivity contribution in [2.24, 2.45) is 0 Å². The molecule has 1 saturated carbocycles. The molecule has 4 heteroatoms. The number of hydrogen-bond donors (Lipinski definition) is 0. The van der Waals surface area contributed by atoms with Crippen molar-refractivity contribution in [3.8, 4) is 5.75 Å². The van der Waals surface area contributed by atoms with Gasteiger partial charge in [-0.3, -0.25) is 4.79 Å². The normalized spacial score (nSPS) is 14.0. The summed E-state index contributed by atoms with van der Waals surface area (Å²) in [4.78, 5) is 13.4. The summed E-state index contributed by atoms with van der Waals surface area (Å²) in [6.45, 7) is 0. The number of carbonyl (C=O) groups is 1. The van der Waals surface area contributed by atoms with Crippen molar-refractivity contribution in [3.05, 3.63) is 58.6 Å². The first kappa shape index (κ1) is 14.7. The molecule has 2 aromatic carbocycles. The van der Waals surface area contributed by atoms with Gasteiger partial charge in [-0.1, -0.05) is 34.1 Å². The summed E-state index contributed by atoms with van der Waals surface area (Å²) in [6, 6.07) is 15.5. The number of carbonyl (C=O) groups excluding carboxylic acids is 1. The Morgan fingerprint density at radius 3 is 2.76 bits per heavy atom. The maximum Gasteiger partial charge on any atom is 0.173 e. The van der Waals surface area contributed by atoms with E-state index in [1.165, 1.54) is 0 Å². The molecule has 0 unspecified atom stereocenters. The van der Waals surface area contributed by atoms with Gasteiger partial charge in [-0.25, -0.2) is 0 Å². The maximum atomic E-state index is 12.3. The van der Waals surface area contributed by atoms with Gasteiger partial charge in [0.05, 0.1) is 11.9 Å². The van der Waals surface area contributed by atoms with Gasteiger partial charge in [0.1, 0.15) is 5.75 Å². The second kappa shape index (κ2) is 6.67. The minimum absolute atomic E-state index is 0.126. The zero-order valence-electron chi connectivity index (χ0n) is 11.4. The molecule has 1 fully saturated rings. The van der Waals surface area contributed by atoms with Gasteiger partial charge in [-0.2, -0.15) is 0 Å². The number of rotatable bonds is 6. The standard InChI is InChI=1S/C17H15BrO2S/c18-13-4-2-6-16(10-13)21-11-17(19)12-3-1-5-15(9-12)20-14-7-8-14/h1-6,9-10,14H,7-8,11H2. The third-order valence-electron chi connectivity index (χ3n) is 3.15. The zero-order valence-corrected chi connectivity index (χ0v) is 13.8. The highest BCUT2D eigenvalue weighted by Crippen LogP contribution is 2.28. The summed E-state index contributed by atoms with van der Waals surface area (Å²) >= 11 is 4.99. The summed E-state index contributed by atoms with van der Waals surface area (Å²) in [6.07, 6.45) is 2.60. The molecule has 0 radical (unpaired) electrons. The van der Waals surface area contributed by atoms with E-state index in [1.807, 2.05) is 48.5 Å². The van der Waals surface area contributed by atoms with Crippen LogP contribution in [-0.2, 0) is 0 Å². The molecule has 0 N–H and O–H groups in total. The smallest absolute Gasteiger partial charge is 0.173 e. The van der Waals surface area contributed by atoms with Crippen molar-refractivity contribution < 1.29 is 9.53 Å². The lowest BCUT2D eigenvalue weighted by Gasteiger charge is -2.06. The van der Waals surface area contributed by atoms with Crippen molar-refractivity contribution >= 4 is 33.5 Å². The summed E-state index contributed by atoms with van der Waals surface area (Å²) in [5.41, 5.74) is 0.718. The number of ketones is 1. The topological polar surface area (TPSA) is 26.3 Å². The Labute approximate surface area is 137 Å². The molecule has 21 heavy (non-hydrogen) atoms. The van der Waals surface area contributed by atoms with Crippen molar-refractivity contribution in [3.63, 3.8) is 0 Å². The molecule has 0 aromatic heterocycles. The van der Waals surface area contributed by atoms with Crippen LogP contribution in [0.25, 0.3) is 0 Å². The van der Waals surface area contributed by atoms with E-state index in [2.05, 4.69) is 15.9 Å². The second-order valence-corrected chi connectivity index (χ2v) is 6.98. The first-order valence-corrected chi connectivity index (χ1v) is 8.67. The highest BCUT2D eigenvalue weighted by Gasteiger charge is 2.23. The molecule has 0 spiro atoms. The Morgan fingerprint density at radius 1 is 1.19 bits per heavy atom. The molecule has 0 aliphatic heterocycles. The van der Waals surface area contributed by atoms with E-state index in [-0.39, 0.29) is 5.78 Å². The van der Waals surface area contributed by atoms with Crippen molar-refractivity contribution in [2.45, 2.75) is 23.8 Å². The lowest BCUT2D eigenvalue weighted by atomic mass is 10.1. The highest BCUT2D eigenvalue weighted by molar-refractivity contribution is 9.10. The molecule has 0 amide bonds. The number of hydrogen-bond acceptors (Lipinski definition) is 3. The van der Waals surface area contributed by atoms with Crippen LogP contribution in [0.4, 0.5) is 0 Å². The Morgan fingerprint density at radius 2 is 2.00 bits per heavy atom. The Balaban J connectivity index is 1.61. The summed E-state index contributed by atoms with van der Waals surface area (Å²) < 4.78 is 6.76. The van der Waals surface area contributed by atoms with Crippen LogP contribution < -0.4 is 4.74 Å². The van der Waals surface area contributed by atoms with Gasteiger partial charge in [-0.05, 0) is 43.2 Å². The van der Waals surface area contributed by atoms with E-state index in [0.29, 0.717) is 11.9 Å². The van der Waals surface area contributed by atoms with Gasteiger partial charge in [0.25, 0.3) is 0 Å². The van der Waals surface area contributed by atoms with Gasteiger partial charge < -0.3 is 4.74 Å². The Kier molecular flexibility index (Phi) is 4.66. The SMILES string of the molecule is O=C(CSc1cccc(Br)c1)c1cccc(OC2CC2)c1. The van der Waals surface area contributed by atoms with Crippen LogP contribution in [0.15, 0.2) is 57.9 Å². The lowest BCUT2D eigenvalue weighted by Crippen LogP contribution is -2.03. The van der Waals surface area contributed by atoms with E-state index < -0.39 is 0 Å². The fraction of sp³-hybridized carbons (Fsp3) is 0.235. The maximum absolute atomic E-state index is 12.3. The number of Topliss-reactive ketones (excluding diaryl/α,β-unsaturated/α-hetero) is 1. The first-order valence-electron chi connectivity index (χ1n) is 6.89. The quantitative estimate of drug-likeness (QED) is 0.536. The molecular formula is C17H15BrO2S. The van der Waals surface area contributed by atoms with E-state index in [0.717, 1.165) is 33.5 Å². The Hall–Kier alpha value is -1.26. The van der Waals surface area contributed by atoms with Gasteiger partial charge in [-0.15, -0.1) is 11.8 Å². The minimum Gasteiger partial charge on any atom is -0.490 e. The fourth-order valence-corrected chi connectivity index (χ4v) is 3.31. The monoisotopic (exact) mass is 362 g/mol. The van der Waals surface area contributed by atoms with Crippen LogP contribution in [0.3, 0.4) is 0 Å². The molecule has 1 aliphatic rings. The number of halogens is 1. The molecule has 2 nitrogen and oxygen atoms in total. The third-order valence-corrected chi connectivity index (χ3v) is 4.64. The van der Waals surface area contributed by atoms with Crippen LogP contribution in [0.1, 0.15) is 23.2 Å². The average molecular weight is 363 g/mol. The molecule has 0 saturated heterocycles. The molecular weight excluding hydrogens is 348 g/mol. The molecule has 0 bridgehead atoms. The zero-order chi connectivity index (χ0) is 14.7. The molecule has 0 atom stereocenters. The van der Waals surface area contributed by atoms with E-state index in [9.17, 15) is 4.79 Å². The Bertz CT molecular complexity index is 653. The van der Waals surface area contributed by atoms with Crippen molar-refractivity contribution in [2.75, 3.05) is 5.75 Å². The predicted molar refractivity (Wildman–Crippen MR) is 89.3 cm³/mol. The van der Waals surface area contributed by atoms with Crippen LogP contribution in [0.2, 0.25) is 0 Å². The summed E-state index contributed by atoms with van der Waals surface area (Å²) in [5, 5.41) is 0. The number of benzene rings is 2. The second-order valence-electron chi connectivity index (χ2n) is 5.01. The third kappa shape index (κ3) is 4.35. The van der Waals surface area contributed by atoms with E-state index in [4.69, 9.17) is 4.74 Å². The van der Waals surface area contributed by atoms with E-state index in [1.54, 1.807) is 11.8 Å². The molecule has 1 aliphatic carbocycles. The van der Waals surface area contributed by atoms with Crippen LogP contribution in [-0.4, -0.2) is 17.6 Å². The van der Waals surface area contributed by atoms with Crippen LogP contribution in [0, 0.1) is 0 Å². The lowest BCUT2D eigenvalue weighted by molar-refractivity contribution is 0.102. The van der Waals surface area contributed by atoms with Gasteiger partial charge >= 0.3 is 0 Å². The number of thioether (sulfide) groups is 1. The van der Waals surface area contributed by atoms with Gasteiger partial charge in [0.2, 0.25) is 0 Å². The van der Waals surface area contributed by atoms with Gasteiger partial charge in [0.15, 0.2) is 5.78 Å². The fourth-order valence-electron chi connectivity index (χ4n) is 1.91. The minimum atomic E-state index is 0.126. The largest absolute Gasteiger partial charge is 0.490 e. The average Bonchev–Trinajstić information content (AvgIpc) is 3.29. The molecule has 2 aromatic rings.